The van der Waals surface area contributed by atoms with Crippen molar-refractivity contribution in [1.82, 2.24) is 15.3 Å². The maximum Gasteiger partial charge on any atom is 0.0259 e. The lowest BCUT2D eigenvalue weighted by atomic mass is 10.3. The molecule has 0 amide bonds. The van der Waals surface area contributed by atoms with Gasteiger partial charge in [0, 0.05) is 32.7 Å². The fraction of sp³-hybridized carbons (Fsp3) is 1.00. The van der Waals surface area contributed by atoms with Crippen molar-refractivity contribution in [1.29, 1.82) is 0 Å². The van der Waals surface area contributed by atoms with Gasteiger partial charge in [0.15, 0.2) is 0 Å². The highest BCUT2D eigenvalue weighted by Crippen LogP contribution is 1.97. The van der Waals surface area contributed by atoms with E-state index in [0.29, 0.717) is 0 Å². The van der Waals surface area contributed by atoms with Gasteiger partial charge >= 0.3 is 0 Å². The molecule has 0 aromatic heterocycles. The van der Waals surface area contributed by atoms with E-state index >= 15 is 0 Å². The van der Waals surface area contributed by atoms with Crippen molar-refractivity contribution in [2.24, 2.45) is 0 Å². The van der Waals surface area contributed by atoms with Gasteiger partial charge in [0.2, 0.25) is 0 Å². The molecule has 3 nitrogen and oxygen atoms in total. The van der Waals surface area contributed by atoms with Gasteiger partial charge in [-0.3, -0.25) is 5.43 Å². The van der Waals surface area contributed by atoms with Crippen molar-refractivity contribution in [2.75, 3.05) is 39.3 Å². The van der Waals surface area contributed by atoms with Crippen LogP contribution in [-0.2, 0) is 0 Å². The predicted molar refractivity (Wildman–Crippen MR) is 47.4 cm³/mol. The number of hydrogen-bond donors (Lipinski definition) is 1. The van der Waals surface area contributed by atoms with Crippen LogP contribution < -0.4 is 5.43 Å². The molecule has 0 radical (unpaired) electrons. The number of likely N-dealkylation sites (N-methyl/N-ethyl adjacent to an activating group) is 1. The van der Waals surface area contributed by atoms with Crippen molar-refractivity contribution in [2.45, 2.75) is 13.8 Å². The second-order valence-corrected chi connectivity index (χ2v) is 2.93. The number of piperazine rings is 1. The minimum atomic E-state index is 1.05. The van der Waals surface area contributed by atoms with E-state index in [2.05, 4.69) is 29.2 Å². The zero-order chi connectivity index (χ0) is 8.10. The van der Waals surface area contributed by atoms with Gasteiger partial charge in [0.05, 0.1) is 0 Å². The lowest BCUT2D eigenvalue weighted by Crippen LogP contribution is -2.51. The summed E-state index contributed by atoms with van der Waals surface area (Å²) < 4.78 is 0. The highest BCUT2D eigenvalue weighted by atomic mass is 15.5. The highest BCUT2D eigenvalue weighted by molar-refractivity contribution is 4.67. The van der Waals surface area contributed by atoms with E-state index in [1.807, 2.05) is 0 Å². The topological polar surface area (TPSA) is 18.5 Å². The molecule has 1 saturated heterocycles. The highest BCUT2D eigenvalue weighted by Gasteiger charge is 2.13. The van der Waals surface area contributed by atoms with Gasteiger partial charge in [0.25, 0.3) is 0 Å². The Morgan fingerprint density at radius 3 is 2.18 bits per heavy atom. The second kappa shape index (κ2) is 4.70. The van der Waals surface area contributed by atoms with Crippen molar-refractivity contribution in [3.8, 4) is 0 Å². The Kier molecular flexibility index (Phi) is 3.83. The second-order valence-electron chi connectivity index (χ2n) is 2.93. The van der Waals surface area contributed by atoms with Crippen LogP contribution in [0.4, 0.5) is 0 Å². The molecule has 11 heavy (non-hydrogen) atoms. The van der Waals surface area contributed by atoms with Gasteiger partial charge in [-0.15, -0.1) is 0 Å². The van der Waals surface area contributed by atoms with Crippen molar-refractivity contribution in [3.05, 3.63) is 0 Å². The number of hydrogen-bond acceptors (Lipinski definition) is 3. The summed E-state index contributed by atoms with van der Waals surface area (Å²) in [6.07, 6.45) is 0. The summed E-state index contributed by atoms with van der Waals surface area (Å²) >= 11 is 0. The number of rotatable bonds is 3. The van der Waals surface area contributed by atoms with Gasteiger partial charge in [-0.1, -0.05) is 13.8 Å². The van der Waals surface area contributed by atoms with Crippen LogP contribution in [0.25, 0.3) is 0 Å². The zero-order valence-corrected chi connectivity index (χ0v) is 7.64. The predicted octanol–water partition coefficient (Wildman–Crippen LogP) is 0.148. The first-order valence-corrected chi connectivity index (χ1v) is 4.57. The molecule has 0 aromatic rings. The maximum absolute atomic E-state index is 3.34. The van der Waals surface area contributed by atoms with E-state index in [4.69, 9.17) is 0 Å². The standard InChI is InChI=1S/C8H19N3/c1-3-9-11-7-5-10(4-2)6-8-11/h9H,3-8H2,1-2H3. The Morgan fingerprint density at radius 1 is 1.09 bits per heavy atom. The molecule has 1 fully saturated rings. The minimum absolute atomic E-state index is 1.05. The van der Waals surface area contributed by atoms with E-state index in [-0.39, 0.29) is 0 Å². The molecule has 66 valence electrons. The quantitative estimate of drug-likeness (QED) is 0.629. The summed E-state index contributed by atoms with van der Waals surface area (Å²) in [5, 5.41) is 2.31. The summed E-state index contributed by atoms with van der Waals surface area (Å²) in [6.45, 7) is 11.4. The normalized spacial score (nSPS) is 22.4. The first-order chi connectivity index (χ1) is 5.36. The molecule has 0 bridgehead atoms. The van der Waals surface area contributed by atoms with Crippen LogP contribution in [0.15, 0.2) is 0 Å². The molecule has 1 rings (SSSR count). The van der Waals surface area contributed by atoms with Crippen LogP contribution >= 0.6 is 0 Å². The lowest BCUT2D eigenvalue weighted by Gasteiger charge is -2.33. The largest absolute Gasteiger partial charge is 0.301 e. The van der Waals surface area contributed by atoms with E-state index in [1.54, 1.807) is 0 Å². The summed E-state index contributed by atoms with van der Waals surface area (Å²) in [6, 6.07) is 0. The molecular weight excluding hydrogens is 138 g/mol. The summed E-state index contributed by atoms with van der Waals surface area (Å²) in [4.78, 5) is 2.48. The Hall–Kier alpha value is -0.120. The van der Waals surface area contributed by atoms with E-state index in [9.17, 15) is 0 Å². The van der Waals surface area contributed by atoms with Crippen LogP contribution in [-0.4, -0.2) is 49.2 Å². The van der Waals surface area contributed by atoms with Crippen molar-refractivity contribution < 1.29 is 0 Å². The maximum atomic E-state index is 3.34. The third-order valence-electron chi connectivity index (χ3n) is 2.20. The summed E-state index contributed by atoms with van der Waals surface area (Å²) in [7, 11) is 0. The first kappa shape index (κ1) is 8.97. The third-order valence-corrected chi connectivity index (χ3v) is 2.20. The van der Waals surface area contributed by atoms with E-state index < -0.39 is 0 Å². The van der Waals surface area contributed by atoms with Gasteiger partial charge < -0.3 is 4.90 Å². The monoisotopic (exact) mass is 157 g/mol. The zero-order valence-electron chi connectivity index (χ0n) is 7.64. The number of nitrogens with one attached hydrogen (secondary N) is 1. The molecule has 1 aliphatic heterocycles. The van der Waals surface area contributed by atoms with Crippen LogP contribution in [0.1, 0.15) is 13.8 Å². The molecule has 0 saturated carbocycles. The van der Waals surface area contributed by atoms with Crippen LogP contribution in [0.5, 0.6) is 0 Å². The van der Waals surface area contributed by atoms with Crippen molar-refractivity contribution >= 4 is 0 Å². The Morgan fingerprint density at radius 2 is 1.73 bits per heavy atom. The average Bonchev–Trinajstić information content (AvgIpc) is 2.07. The van der Waals surface area contributed by atoms with Gasteiger partial charge in [0.1, 0.15) is 0 Å². The van der Waals surface area contributed by atoms with E-state index in [0.717, 1.165) is 6.54 Å². The molecule has 1 aliphatic rings. The summed E-state index contributed by atoms with van der Waals surface area (Å²) in [5.41, 5.74) is 3.34. The van der Waals surface area contributed by atoms with Crippen LogP contribution in [0.2, 0.25) is 0 Å². The van der Waals surface area contributed by atoms with Crippen LogP contribution in [0.3, 0.4) is 0 Å². The number of nitrogens with zero attached hydrogens (tertiary/aromatic N) is 2. The molecule has 0 unspecified atom stereocenters. The average molecular weight is 157 g/mol. The lowest BCUT2D eigenvalue weighted by molar-refractivity contribution is 0.0952. The third kappa shape index (κ3) is 2.77. The minimum Gasteiger partial charge on any atom is -0.301 e. The Bertz CT molecular complexity index is 97.5. The molecular formula is C8H19N3. The fourth-order valence-electron chi connectivity index (χ4n) is 1.45. The molecule has 0 spiro atoms. The first-order valence-electron chi connectivity index (χ1n) is 4.57. The van der Waals surface area contributed by atoms with Crippen LogP contribution in [0, 0.1) is 0 Å². The van der Waals surface area contributed by atoms with Gasteiger partial charge in [-0.2, -0.15) is 0 Å². The fourth-order valence-corrected chi connectivity index (χ4v) is 1.45. The molecule has 1 heterocycles. The molecule has 0 aromatic carbocycles. The molecule has 0 atom stereocenters. The molecule has 0 aliphatic carbocycles. The SMILES string of the molecule is CCNN1CCN(CC)CC1. The smallest absolute Gasteiger partial charge is 0.0259 e. The van der Waals surface area contributed by atoms with Gasteiger partial charge in [-0.05, 0) is 6.54 Å². The van der Waals surface area contributed by atoms with Gasteiger partial charge in [-0.25, -0.2) is 5.01 Å². The summed E-state index contributed by atoms with van der Waals surface area (Å²) in [5.74, 6) is 0. The number of hydrazine groups is 1. The van der Waals surface area contributed by atoms with E-state index in [1.165, 1.54) is 32.7 Å². The Balaban J connectivity index is 2.14. The molecule has 3 heteroatoms. The van der Waals surface area contributed by atoms with Crippen molar-refractivity contribution in [3.63, 3.8) is 0 Å². The molecule has 1 N–H and O–H groups in total. The Labute approximate surface area is 69.3 Å².